The summed E-state index contributed by atoms with van der Waals surface area (Å²) in [6.45, 7) is 3.61. The van der Waals surface area contributed by atoms with Crippen molar-refractivity contribution in [3.63, 3.8) is 0 Å². The van der Waals surface area contributed by atoms with Crippen LogP contribution in [-0.4, -0.2) is 18.9 Å². The minimum atomic E-state index is 0.356. The smallest absolute Gasteiger partial charge is 0.136 e. The van der Waals surface area contributed by atoms with Gasteiger partial charge in [-0.25, -0.2) is 0 Å². The normalized spacial score (nSPS) is 16.9. The number of piperidine rings is 1. The van der Waals surface area contributed by atoms with E-state index >= 15 is 0 Å². The Morgan fingerprint density at radius 3 is 2.53 bits per heavy atom. The minimum absolute atomic E-state index is 0.356. The SMILES string of the molecule is Cc1ccc(N2CCC(=O)CC2)c(Cl)c1. The van der Waals surface area contributed by atoms with E-state index in [9.17, 15) is 4.79 Å². The first-order chi connectivity index (χ1) is 7.16. The number of halogens is 1. The number of benzene rings is 1. The van der Waals surface area contributed by atoms with Crippen LogP contribution in [0.3, 0.4) is 0 Å². The van der Waals surface area contributed by atoms with E-state index in [1.807, 2.05) is 19.1 Å². The Morgan fingerprint density at radius 2 is 1.93 bits per heavy atom. The van der Waals surface area contributed by atoms with E-state index in [2.05, 4.69) is 11.0 Å². The maximum Gasteiger partial charge on any atom is 0.136 e. The standard InChI is InChI=1S/C12H14ClNO/c1-9-2-3-12(11(13)8-9)14-6-4-10(15)5-7-14/h2-3,8H,4-7H2,1H3. The van der Waals surface area contributed by atoms with E-state index in [1.54, 1.807) is 0 Å². The monoisotopic (exact) mass is 223 g/mol. The number of hydrogen-bond acceptors (Lipinski definition) is 2. The van der Waals surface area contributed by atoms with Crippen LogP contribution in [0, 0.1) is 6.92 Å². The summed E-state index contributed by atoms with van der Waals surface area (Å²) in [6, 6.07) is 6.05. The Bertz CT molecular complexity index is 379. The van der Waals surface area contributed by atoms with Crippen molar-refractivity contribution in [2.75, 3.05) is 18.0 Å². The number of nitrogens with zero attached hydrogens (tertiary/aromatic N) is 1. The molecule has 1 aromatic rings. The van der Waals surface area contributed by atoms with E-state index < -0.39 is 0 Å². The molecule has 0 aliphatic carbocycles. The van der Waals surface area contributed by atoms with Crippen LogP contribution in [-0.2, 0) is 4.79 Å². The highest BCUT2D eigenvalue weighted by molar-refractivity contribution is 6.33. The lowest BCUT2D eigenvalue weighted by atomic mass is 10.1. The number of carbonyl (C=O) groups is 1. The molecule has 80 valence electrons. The zero-order chi connectivity index (χ0) is 10.8. The third-order valence-corrected chi connectivity index (χ3v) is 3.07. The van der Waals surface area contributed by atoms with Crippen LogP contribution in [0.5, 0.6) is 0 Å². The van der Waals surface area contributed by atoms with Crippen molar-refractivity contribution in [2.45, 2.75) is 19.8 Å². The fourth-order valence-corrected chi connectivity index (χ4v) is 2.22. The molecule has 0 unspecified atom stereocenters. The second-order valence-electron chi connectivity index (χ2n) is 3.98. The zero-order valence-corrected chi connectivity index (χ0v) is 9.55. The van der Waals surface area contributed by atoms with E-state index in [0.717, 1.165) is 29.4 Å². The molecule has 2 rings (SSSR count). The first-order valence-corrected chi connectivity index (χ1v) is 5.57. The second-order valence-corrected chi connectivity index (χ2v) is 4.39. The summed E-state index contributed by atoms with van der Waals surface area (Å²) in [7, 11) is 0. The fraction of sp³-hybridized carbons (Fsp3) is 0.417. The molecule has 3 heteroatoms. The van der Waals surface area contributed by atoms with Crippen LogP contribution >= 0.6 is 11.6 Å². The highest BCUT2D eigenvalue weighted by atomic mass is 35.5. The highest BCUT2D eigenvalue weighted by Crippen LogP contribution is 2.28. The van der Waals surface area contributed by atoms with Crippen LogP contribution in [0.25, 0.3) is 0 Å². The van der Waals surface area contributed by atoms with Gasteiger partial charge in [-0.3, -0.25) is 4.79 Å². The molecule has 1 saturated heterocycles. The van der Waals surface area contributed by atoms with Crippen LogP contribution in [0.2, 0.25) is 5.02 Å². The number of aryl methyl sites for hydroxylation is 1. The van der Waals surface area contributed by atoms with Crippen molar-refractivity contribution in [1.82, 2.24) is 0 Å². The van der Waals surface area contributed by atoms with Crippen LogP contribution in [0.4, 0.5) is 5.69 Å². The van der Waals surface area contributed by atoms with Gasteiger partial charge in [0.25, 0.3) is 0 Å². The van der Waals surface area contributed by atoms with Crippen molar-refractivity contribution in [3.05, 3.63) is 28.8 Å². The molecule has 1 heterocycles. The van der Waals surface area contributed by atoms with Crippen LogP contribution < -0.4 is 4.90 Å². The molecule has 0 saturated carbocycles. The largest absolute Gasteiger partial charge is 0.369 e. The van der Waals surface area contributed by atoms with Crippen molar-refractivity contribution >= 4 is 23.1 Å². The number of carbonyl (C=O) groups excluding carboxylic acids is 1. The van der Waals surface area contributed by atoms with Crippen molar-refractivity contribution in [1.29, 1.82) is 0 Å². The molecule has 0 aromatic heterocycles. The minimum Gasteiger partial charge on any atom is -0.369 e. The van der Waals surface area contributed by atoms with Gasteiger partial charge in [-0.2, -0.15) is 0 Å². The van der Waals surface area contributed by atoms with Gasteiger partial charge in [-0.1, -0.05) is 17.7 Å². The molecule has 1 aromatic carbocycles. The Hall–Kier alpha value is -1.02. The topological polar surface area (TPSA) is 20.3 Å². The third kappa shape index (κ3) is 2.32. The summed E-state index contributed by atoms with van der Waals surface area (Å²) in [5.41, 5.74) is 2.21. The molecule has 0 bridgehead atoms. The van der Waals surface area contributed by atoms with Gasteiger partial charge in [0.1, 0.15) is 5.78 Å². The second kappa shape index (κ2) is 4.23. The van der Waals surface area contributed by atoms with Gasteiger partial charge < -0.3 is 4.90 Å². The molecule has 1 fully saturated rings. The van der Waals surface area contributed by atoms with E-state index in [1.165, 1.54) is 0 Å². The molecule has 15 heavy (non-hydrogen) atoms. The number of anilines is 1. The van der Waals surface area contributed by atoms with Crippen molar-refractivity contribution in [2.24, 2.45) is 0 Å². The summed E-state index contributed by atoms with van der Waals surface area (Å²) >= 11 is 6.17. The van der Waals surface area contributed by atoms with Gasteiger partial charge in [-0.15, -0.1) is 0 Å². The average Bonchev–Trinajstić information content (AvgIpc) is 2.20. The molecule has 0 atom stereocenters. The van der Waals surface area contributed by atoms with Gasteiger partial charge in [-0.05, 0) is 24.6 Å². The van der Waals surface area contributed by atoms with Crippen molar-refractivity contribution in [3.8, 4) is 0 Å². The number of hydrogen-bond donors (Lipinski definition) is 0. The Morgan fingerprint density at radius 1 is 1.27 bits per heavy atom. The maximum atomic E-state index is 11.1. The van der Waals surface area contributed by atoms with Crippen LogP contribution in [0.1, 0.15) is 18.4 Å². The predicted molar refractivity (Wildman–Crippen MR) is 62.6 cm³/mol. The van der Waals surface area contributed by atoms with Gasteiger partial charge >= 0.3 is 0 Å². The lowest BCUT2D eigenvalue weighted by Gasteiger charge is -2.29. The summed E-state index contributed by atoms with van der Waals surface area (Å²) in [5.74, 6) is 0.356. The number of ketones is 1. The molecular weight excluding hydrogens is 210 g/mol. The Labute approximate surface area is 94.8 Å². The third-order valence-electron chi connectivity index (χ3n) is 2.76. The molecule has 0 radical (unpaired) electrons. The molecule has 1 aliphatic heterocycles. The summed E-state index contributed by atoms with van der Waals surface area (Å²) in [6.07, 6.45) is 1.29. The van der Waals surface area contributed by atoms with E-state index in [4.69, 9.17) is 11.6 Å². The summed E-state index contributed by atoms with van der Waals surface area (Å²) in [5, 5.41) is 0.782. The van der Waals surface area contributed by atoms with Gasteiger partial charge in [0.15, 0.2) is 0 Å². The number of rotatable bonds is 1. The Kier molecular flexibility index (Phi) is 2.96. The summed E-state index contributed by atoms with van der Waals surface area (Å²) < 4.78 is 0. The quantitative estimate of drug-likeness (QED) is 0.730. The predicted octanol–water partition coefficient (Wildman–Crippen LogP) is 2.82. The average molecular weight is 224 g/mol. The summed E-state index contributed by atoms with van der Waals surface area (Å²) in [4.78, 5) is 13.3. The lowest BCUT2D eigenvalue weighted by Crippen LogP contribution is -2.33. The first kappa shape index (κ1) is 10.5. The molecule has 2 nitrogen and oxygen atoms in total. The number of Topliss-reactive ketones (excluding diaryl/α,β-unsaturated/α-hetero) is 1. The molecule has 0 spiro atoms. The van der Waals surface area contributed by atoms with Crippen molar-refractivity contribution < 1.29 is 4.79 Å². The zero-order valence-electron chi connectivity index (χ0n) is 8.79. The maximum absolute atomic E-state index is 11.1. The molecule has 0 N–H and O–H groups in total. The Balaban J connectivity index is 2.19. The first-order valence-electron chi connectivity index (χ1n) is 5.19. The van der Waals surface area contributed by atoms with E-state index in [-0.39, 0.29) is 0 Å². The van der Waals surface area contributed by atoms with Crippen LogP contribution in [0.15, 0.2) is 18.2 Å². The lowest BCUT2D eigenvalue weighted by molar-refractivity contribution is -0.119. The fourth-order valence-electron chi connectivity index (χ4n) is 1.87. The molecule has 1 aliphatic rings. The highest BCUT2D eigenvalue weighted by Gasteiger charge is 2.17. The van der Waals surface area contributed by atoms with Gasteiger partial charge in [0, 0.05) is 25.9 Å². The van der Waals surface area contributed by atoms with Gasteiger partial charge in [0.05, 0.1) is 10.7 Å². The van der Waals surface area contributed by atoms with E-state index in [0.29, 0.717) is 18.6 Å². The molecule has 0 amide bonds. The van der Waals surface area contributed by atoms with Gasteiger partial charge in [0.2, 0.25) is 0 Å². The molecular formula is C12H14ClNO.